The molecule has 0 radical (unpaired) electrons. The van der Waals surface area contributed by atoms with Gasteiger partial charge in [-0.2, -0.15) is 8.42 Å². The summed E-state index contributed by atoms with van der Waals surface area (Å²) < 4.78 is 42.3. The average molecular weight is 500 g/mol. The van der Waals surface area contributed by atoms with E-state index in [1.165, 1.54) is 7.11 Å². The monoisotopic (exact) mass is 499 g/mol. The lowest BCUT2D eigenvalue weighted by molar-refractivity contribution is -0.121. The molecule has 11 heteroatoms. The second-order valence-electron chi connectivity index (χ2n) is 6.44. The Kier molecular flexibility index (Phi) is 7.60. The molecule has 3 rings (SSSR count). The maximum atomic E-state index is 12.5. The molecule has 1 N–H and O–H groups in total. The molecule has 1 aliphatic heterocycles. The van der Waals surface area contributed by atoms with Crippen LogP contribution in [0.5, 0.6) is 11.5 Å². The molecule has 7 nitrogen and oxygen atoms in total. The molecule has 1 saturated heterocycles. The van der Waals surface area contributed by atoms with Crippen molar-refractivity contribution in [3.8, 4) is 11.5 Å². The van der Waals surface area contributed by atoms with Gasteiger partial charge >= 0.3 is 0 Å². The number of thioether (sulfide) groups is 1. The van der Waals surface area contributed by atoms with E-state index in [2.05, 4.69) is 0 Å². The zero-order valence-electron chi connectivity index (χ0n) is 16.3. The van der Waals surface area contributed by atoms with E-state index in [1.807, 2.05) is 12.1 Å². The fourth-order valence-corrected chi connectivity index (χ4v) is 4.53. The summed E-state index contributed by atoms with van der Waals surface area (Å²) in [7, 11) is -2.68. The molecule has 2 aromatic carbocycles. The van der Waals surface area contributed by atoms with Crippen LogP contribution in [0.2, 0.25) is 5.02 Å². The van der Waals surface area contributed by atoms with Gasteiger partial charge in [-0.15, -0.1) is 0 Å². The highest BCUT2D eigenvalue weighted by atomic mass is 35.5. The topological polar surface area (TPSA) is 93.1 Å². The minimum absolute atomic E-state index is 0.207. The van der Waals surface area contributed by atoms with E-state index in [-0.39, 0.29) is 10.9 Å². The van der Waals surface area contributed by atoms with Crippen LogP contribution in [-0.2, 0) is 21.5 Å². The molecule has 0 saturated carbocycles. The van der Waals surface area contributed by atoms with Crippen LogP contribution in [0.25, 0.3) is 6.08 Å². The van der Waals surface area contributed by atoms with Crippen LogP contribution < -0.4 is 9.47 Å². The summed E-state index contributed by atoms with van der Waals surface area (Å²) >= 11 is 12.1. The molecule has 1 aliphatic rings. The number of rotatable bonds is 8. The third-order valence-corrected chi connectivity index (χ3v) is 6.57. The second-order valence-corrected chi connectivity index (χ2v) is 10.1. The summed E-state index contributed by atoms with van der Waals surface area (Å²) in [6.45, 7) is 0.126. The Morgan fingerprint density at radius 1 is 1.19 bits per heavy atom. The molecule has 0 spiro atoms. The fraction of sp³-hybridized carbons (Fsp3) is 0.200. The first-order valence-electron chi connectivity index (χ1n) is 8.92. The van der Waals surface area contributed by atoms with Crippen LogP contribution in [0.1, 0.15) is 11.1 Å². The lowest BCUT2D eigenvalue weighted by Gasteiger charge is -2.13. The highest BCUT2D eigenvalue weighted by molar-refractivity contribution is 8.26. The zero-order chi connectivity index (χ0) is 22.6. The van der Waals surface area contributed by atoms with Crippen molar-refractivity contribution in [2.45, 2.75) is 6.61 Å². The van der Waals surface area contributed by atoms with Crippen molar-refractivity contribution in [1.29, 1.82) is 0 Å². The van der Waals surface area contributed by atoms with Gasteiger partial charge in [0.2, 0.25) is 0 Å². The molecule has 1 fully saturated rings. The van der Waals surface area contributed by atoms with Crippen molar-refractivity contribution in [2.75, 3.05) is 19.4 Å². The number of nitrogens with zero attached hydrogens (tertiary/aromatic N) is 1. The molecular formula is C20H18ClNO6S3. The van der Waals surface area contributed by atoms with Gasteiger partial charge in [-0.05, 0) is 41.5 Å². The standard InChI is InChI=1S/C20H18ClNO6S3/c1-27-17-10-14(4-7-16(17)28-12-13-2-5-15(21)6-3-13)11-18-19(23)22(20(29)30-18)8-9-31(24,25)26/h2-7,10-11H,8-9,12H2,1H3,(H,24,25,26). The van der Waals surface area contributed by atoms with Gasteiger partial charge in [-0.1, -0.05) is 53.8 Å². The van der Waals surface area contributed by atoms with E-state index in [0.717, 1.165) is 22.2 Å². The Morgan fingerprint density at radius 3 is 2.55 bits per heavy atom. The summed E-state index contributed by atoms with van der Waals surface area (Å²) in [4.78, 5) is 14.0. The van der Waals surface area contributed by atoms with Gasteiger partial charge in [-0.25, -0.2) is 0 Å². The highest BCUT2D eigenvalue weighted by Gasteiger charge is 2.32. The number of hydrogen-bond acceptors (Lipinski definition) is 7. The summed E-state index contributed by atoms with van der Waals surface area (Å²) in [5, 5.41) is 0.647. The summed E-state index contributed by atoms with van der Waals surface area (Å²) in [5.74, 6) is 0.0285. The van der Waals surface area contributed by atoms with Crippen LogP contribution in [0.4, 0.5) is 0 Å². The van der Waals surface area contributed by atoms with Crippen molar-refractivity contribution in [3.63, 3.8) is 0 Å². The van der Waals surface area contributed by atoms with E-state index in [9.17, 15) is 13.2 Å². The summed E-state index contributed by atoms with van der Waals surface area (Å²) in [5.41, 5.74) is 1.63. The quantitative estimate of drug-likeness (QED) is 0.331. The first-order chi connectivity index (χ1) is 14.7. The maximum absolute atomic E-state index is 12.5. The van der Waals surface area contributed by atoms with E-state index in [4.69, 9.17) is 37.8 Å². The number of ether oxygens (including phenoxy) is 2. The number of hydrogen-bond donors (Lipinski definition) is 1. The minimum atomic E-state index is -4.20. The van der Waals surface area contributed by atoms with Crippen LogP contribution in [0.3, 0.4) is 0 Å². The van der Waals surface area contributed by atoms with E-state index >= 15 is 0 Å². The smallest absolute Gasteiger partial charge is 0.266 e. The van der Waals surface area contributed by atoms with Gasteiger partial charge in [0.1, 0.15) is 10.9 Å². The first-order valence-corrected chi connectivity index (χ1v) is 12.1. The van der Waals surface area contributed by atoms with E-state index < -0.39 is 21.8 Å². The molecule has 0 aromatic heterocycles. The van der Waals surface area contributed by atoms with Crippen molar-refractivity contribution in [1.82, 2.24) is 4.90 Å². The van der Waals surface area contributed by atoms with E-state index in [1.54, 1.807) is 36.4 Å². The Hall–Kier alpha value is -2.11. The number of carbonyl (C=O) groups is 1. The number of benzene rings is 2. The van der Waals surface area contributed by atoms with Crippen LogP contribution >= 0.6 is 35.6 Å². The Labute approximate surface area is 194 Å². The number of amides is 1. The van der Waals surface area contributed by atoms with Crippen molar-refractivity contribution < 1.29 is 27.2 Å². The van der Waals surface area contributed by atoms with E-state index in [0.29, 0.717) is 33.6 Å². The molecule has 0 unspecified atom stereocenters. The lowest BCUT2D eigenvalue weighted by Crippen LogP contribution is -2.32. The highest BCUT2D eigenvalue weighted by Crippen LogP contribution is 2.35. The van der Waals surface area contributed by atoms with Crippen molar-refractivity contribution >= 4 is 62.0 Å². The van der Waals surface area contributed by atoms with Crippen molar-refractivity contribution in [2.24, 2.45) is 0 Å². The van der Waals surface area contributed by atoms with Gasteiger partial charge in [0, 0.05) is 11.6 Å². The predicted molar refractivity (Wildman–Crippen MR) is 125 cm³/mol. The largest absolute Gasteiger partial charge is 0.493 e. The summed E-state index contributed by atoms with van der Waals surface area (Å²) in [6, 6.07) is 12.5. The van der Waals surface area contributed by atoms with Gasteiger partial charge in [0.05, 0.1) is 17.8 Å². The molecule has 31 heavy (non-hydrogen) atoms. The fourth-order valence-electron chi connectivity index (χ4n) is 2.69. The number of methoxy groups -OCH3 is 1. The minimum Gasteiger partial charge on any atom is -0.493 e. The number of thiocarbonyl (C=S) groups is 1. The molecule has 0 aliphatic carbocycles. The first kappa shape index (κ1) is 23.6. The van der Waals surface area contributed by atoms with Crippen LogP contribution in [-0.4, -0.2) is 47.5 Å². The van der Waals surface area contributed by atoms with Crippen molar-refractivity contribution in [3.05, 3.63) is 63.5 Å². The second kappa shape index (κ2) is 10.0. The Morgan fingerprint density at radius 2 is 1.90 bits per heavy atom. The number of halogens is 1. The predicted octanol–water partition coefficient (Wildman–Crippen LogP) is 4.02. The molecule has 1 heterocycles. The van der Waals surface area contributed by atoms with Gasteiger partial charge in [-0.3, -0.25) is 14.2 Å². The van der Waals surface area contributed by atoms with Gasteiger partial charge in [0.15, 0.2) is 11.5 Å². The maximum Gasteiger partial charge on any atom is 0.266 e. The number of carbonyl (C=O) groups excluding carboxylic acids is 1. The third-order valence-electron chi connectivity index (χ3n) is 4.24. The Balaban J connectivity index is 1.73. The summed E-state index contributed by atoms with van der Waals surface area (Å²) in [6.07, 6.45) is 1.64. The molecule has 1 amide bonds. The van der Waals surface area contributed by atoms with Crippen LogP contribution in [0, 0.1) is 0 Å². The van der Waals surface area contributed by atoms with Gasteiger partial charge in [0.25, 0.3) is 16.0 Å². The zero-order valence-corrected chi connectivity index (χ0v) is 19.5. The van der Waals surface area contributed by atoms with Gasteiger partial charge < -0.3 is 9.47 Å². The average Bonchev–Trinajstić information content (AvgIpc) is 2.98. The molecule has 0 atom stereocenters. The lowest BCUT2D eigenvalue weighted by atomic mass is 10.1. The third kappa shape index (κ3) is 6.44. The SMILES string of the molecule is COc1cc(C=C2SC(=S)N(CCS(=O)(=O)O)C2=O)ccc1OCc1ccc(Cl)cc1. The molecule has 164 valence electrons. The molecular weight excluding hydrogens is 482 g/mol. The molecule has 0 bridgehead atoms. The Bertz CT molecular complexity index is 1130. The molecule has 2 aromatic rings. The van der Waals surface area contributed by atoms with Crippen LogP contribution in [0.15, 0.2) is 47.4 Å². The normalized spacial score (nSPS) is 15.6.